The predicted molar refractivity (Wildman–Crippen MR) is 55.8 cm³/mol. The SMILES string of the molecule is Nc1nccc(NCc2ccncn2)n1. The number of anilines is 2. The van der Waals surface area contributed by atoms with E-state index < -0.39 is 0 Å². The quantitative estimate of drug-likeness (QED) is 0.751. The zero-order valence-electron chi connectivity index (χ0n) is 7.96. The maximum Gasteiger partial charge on any atom is 0.221 e. The molecule has 0 saturated carbocycles. The van der Waals surface area contributed by atoms with Gasteiger partial charge < -0.3 is 11.1 Å². The second-order valence-corrected chi connectivity index (χ2v) is 2.85. The molecule has 2 aromatic heterocycles. The van der Waals surface area contributed by atoms with Crippen LogP contribution in [0, 0.1) is 0 Å². The molecule has 0 aliphatic heterocycles. The van der Waals surface area contributed by atoms with E-state index in [4.69, 9.17) is 5.73 Å². The Morgan fingerprint density at radius 1 is 1.20 bits per heavy atom. The maximum absolute atomic E-state index is 5.44. The normalized spacial score (nSPS) is 9.87. The van der Waals surface area contributed by atoms with Gasteiger partial charge in [0.05, 0.1) is 12.2 Å². The molecule has 3 N–H and O–H groups in total. The van der Waals surface area contributed by atoms with E-state index in [9.17, 15) is 0 Å². The van der Waals surface area contributed by atoms with Gasteiger partial charge in [-0.2, -0.15) is 4.98 Å². The van der Waals surface area contributed by atoms with Crippen molar-refractivity contribution in [1.82, 2.24) is 19.9 Å². The molecule has 0 fully saturated rings. The lowest BCUT2D eigenvalue weighted by molar-refractivity contribution is 0.993. The number of aromatic nitrogens is 4. The van der Waals surface area contributed by atoms with Gasteiger partial charge in [0.2, 0.25) is 5.95 Å². The minimum absolute atomic E-state index is 0.252. The first-order chi connectivity index (χ1) is 7.34. The summed E-state index contributed by atoms with van der Waals surface area (Å²) >= 11 is 0. The Kier molecular flexibility index (Phi) is 2.68. The third-order valence-electron chi connectivity index (χ3n) is 1.77. The molecule has 0 atom stereocenters. The second-order valence-electron chi connectivity index (χ2n) is 2.85. The van der Waals surface area contributed by atoms with E-state index in [1.54, 1.807) is 18.5 Å². The number of nitrogens with two attached hydrogens (primary N) is 1. The highest BCUT2D eigenvalue weighted by atomic mass is 15.1. The van der Waals surface area contributed by atoms with E-state index in [0.717, 1.165) is 5.69 Å². The molecular weight excluding hydrogens is 192 g/mol. The number of hydrogen-bond donors (Lipinski definition) is 2. The average molecular weight is 202 g/mol. The molecular formula is C9H10N6. The van der Waals surface area contributed by atoms with Gasteiger partial charge in [-0.3, -0.25) is 0 Å². The topological polar surface area (TPSA) is 89.6 Å². The fraction of sp³-hybridized carbons (Fsp3) is 0.111. The lowest BCUT2D eigenvalue weighted by Crippen LogP contribution is -2.05. The van der Waals surface area contributed by atoms with E-state index in [1.807, 2.05) is 6.07 Å². The standard InChI is InChI=1S/C9H10N6/c10-9-12-4-2-8(15-9)13-5-7-1-3-11-6-14-7/h1-4,6H,5H2,(H3,10,12,13,15). The van der Waals surface area contributed by atoms with Crippen LogP contribution in [0.1, 0.15) is 5.69 Å². The third-order valence-corrected chi connectivity index (χ3v) is 1.77. The van der Waals surface area contributed by atoms with Crippen LogP contribution < -0.4 is 11.1 Å². The van der Waals surface area contributed by atoms with Crippen molar-refractivity contribution in [2.45, 2.75) is 6.54 Å². The van der Waals surface area contributed by atoms with Crippen LogP contribution in [0.25, 0.3) is 0 Å². The second kappa shape index (κ2) is 4.32. The summed E-state index contributed by atoms with van der Waals surface area (Å²) < 4.78 is 0. The zero-order chi connectivity index (χ0) is 10.5. The number of hydrogen-bond acceptors (Lipinski definition) is 6. The summed E-state index contributed by atoms with van der Waals surface area (Å²) in [6.45, 7) is 0.582. The third kappa shape index (κ3) is 2.60. The molecule has 0 bridgehead atoms. The van der Waals surface area contributed by atoms with E-state index in [0.29, 0.717) is 12.4 Å². The monoisotopic (exact) mass is 202 g/mol. The highest BCUT2D eigenvalue weighted by molar-refractivity contribution is 5.37. The fourth-order valence-electron chi connectivity index (χ4n) is 1.08. The Morgan fingerprint density at radius 3 is 2.87 bits per heavy atom. The van der Waals surface area contributed by atoms with Gasteiger partial charge in [0, 0.05) is 12.4 Å². The van der Waals surface area contributed by atoms with Crippen molar-refractivity contribution in [2.24, 2.45) is 0 Å². The van der Waals surface area contributed by atoms with Crippen molar-refractivity contribution in [3.63, 3.8) is 0 Å². The highest BCUT2D eigenvalue weighted by Crippen LogP contribution is 2.04. The lowest BCUT2D eigenvalue weighted by atomic mass is 10.4. The van der Waals surface area contributed by atoms with Crippen molar-refractivity contribution in [1.29, 1.82) is 0 Å². The first kappa shape index (κ1) is 9.32. The molecule has 76 valence electrons. The van der Waals surface area contributed by atoms with Gasteiger partial charge in [0.25, 0.3) is 0 Å². The summed E-state index contributed by atoms with van der Waals surface area (Å²) in [5.41, 5.74) is 6.33. The first-order valence-corrected chi connectivity index (χ1v) is 4.42. The predicted octanol–water partition coefficient (Wildman–Crippen LogP) is 0.461. The number of nitrogens with zero attached hydrogens (tertiary/aromatic N) is 4. The van der Waals surface area contributed by atoms with Crippen LogP contribution in [0.5, 0.6) is 0 Å². The van der Waals surface area contributed by atoms with Gasteiger partial charge in [-0.25, -0.2) is 15.0 Å². The van der Waals surface area contributed by atoms with Crippen LogP contribution in [0.15, 0.2) is 30.9 Å². The molecule has 0 aliphatic carbocycles. The Bertz CT molecular complexity index is 430. The largest absolute Gasteiger partial charge is 0.368 e. The Morgan fingerprint density at radius 2 is 2.13 bits per heavy atom. The summed E-state index contributed by atoms with van der Waals surface area (Å²) in [4.78, 5) is 15.7. The average Bonchev–Trinajstić information content (AvgIpc) is 2.28. The fourth-order valence-corrected chi connectivity index (χ4v) is 1.08. The Hall–Kier alpha value is -2.24. The van der Waals surface area contributed by atoms with E-state index in [2.05, 4.69) is 25.3 Å². The molecule has 0 saturated heterocycles. The minimum atomic E-state index is 0.252. The van der Waals surface area contributed by atoms with Gasteiger partial charge in [0.15, 0.2) is 0 Å². The van der Waals surface area contributed by atoms with Crippen molar-refractivity contribution in [3.8, 4) is 0 Å². The van der Waals surface area contributed by atoms with Crippen LogP contribution in [0.3, 0.4) is 0 Å². The van der Waals surface area contributed by atoms with Gasteiger partial charge in [-0.15, -0.1) is 0 Å². The van der Waals surface area contributed by atoms with Crippen LogP contribution in [-0.4, -0.2) is 19.9 Å². The highest BCUT2D eigenvalue weighted by Gasteiger charge is 1.96. The van der Waals surface area contributed by atoms with Crippen LogP contribution in [-0.2, 0) is 6.54 Å². The van der Waals surface area contributed by atoms with Crippen molar-refractivity contribution in [3.05, 3.63) is 36.5 Å². The van der Waals surface area contributed by atoms with Crippen molar-refractivity contribution in [2.75, 3.05) is 11.1 Å². The summed E-state index contributed by atoms with van der Waals surface area (Å²) in [5.74, 6) is 0.934. The molecule has 0 aromatic carbocycles. The zero-order valence-corrected chi connectivity index (χ0v) is 7.96. The number of nitrogen functional groups attached to an aromatic ring is 1. The van der Waals surface area contributed by atoms with Crippen LogP contribution in [0.4, 0.5) is 11.8 Å². The van der Waals surface area contributed by atoms with E-state index >= 15 is 0 Å². The molecule has 0 amide bonds. The smallest absolute Gasteiger partial charge is 0.221 e. The minimum Gasteiger partial charge on any atom is -0.368 e. The van der Waals surface area contributed by atoms with Crippen molar-refractivity contribution >= 4 is 11.8 Å². The first-order valence-electron chi connectivity index (χ1n) is 4.42. The number of rotatable bonds is 3. The Balaban J connectivity index is 1.99. The summed E-state index contributed by atoms with van der Waals surface area (Å²) in [6.07, 6.45) is 4.80. The van der Waals surface area contributed by atoms with Gasteiger partial charge in [0.1, 0.15) is 12.1 Å². The van der Waals surface area contributed by atoms with E-state index in [-0.39, 0.29) is 5.95 Å². The van der Waals surface area contributed by atoms with Crippen LogP contribution in [0.2, 0.25) is 0 Å². The molecule has 0 spiro atoms. The molecule has 0 radical (unpaired) electrons. The van der Waals surface area contributed by atoms with Gasteiger partial charge in [-0.1, -0.05) is 0 Å². The molecule has 6 nitrogen and oxygen atoms in total. The maximum atomic E-state index is 5.44. The molecule has 2 rings (SSSR count). The van der Waals surface area contributed by atoms with Crippen LogP contribution >= 0.6 is 0 Å². The summed E-state index contributed by atoms with van der Waals surface area (Å²) in [5, 5.41) is 3.08. The molecule has 0 aliphatic rings. The molecule has 2 aromatic rings. The summed E-state index contributed by atoms with van der Waals surface area (Å²) in [6, 6.07) is 3.58. The summed E-state index contributed by atoms with van der Waals surface area (Å²) in [7, 11) is 0. The van der Waals surface area contributed by atoms with Gasteiger partial charge >= 0.3 is 0 Å². The van der Waals surface area contributed by atoms with E-state index in [1.165, 1.54) is 6.33 Å². The molecule has 0 unspecified atom stereocenters. The number of nitrogens with one attached hydrogen (secondary N) is 1. The molecule has 15 heavy (non-hydrogen) atoms. The van der Waals surface area contributed by atoms with Crippen molar-refractivity contribution < 1.29 is 0 Å². The molecule has 2 heterocycles. The lowest BCUT2D eigenvalue weighted by Gasteiger charge is -2.04. The Labute approximate surface area is 86.6 Å². The molecule has 6 heteroatoms. The van der Waals surface area contributed by atoms with Gasteiger partial charge in [-0.05, 0) is 12.1 Å².